The summed E-state index contributed by atoms with van der Waals surface area (Å²) in [7, 11) is 5.84. The zero-order chi connectivity index (χ0) is 17.3. The maximum atomic E-state index is 12.7. The highest BCUT2D eigenvalue weighted by Crippen LogP contribution is 2.30. The van der Waals surface area contributed by atoms with Crippen LogP contribution in [0, 0.1) is 12.8 Å². The summed E-state index contributed by atoms with van der Waals surface area (Å²) in [5, 5.41) is 10.6. The van der Waals surface area contributed by atoms with Crippen LogP contribution >= 0.6 is 0 Å². The molecule has 0 aromatic carbocycles. The Morgan fingerprint density at radius 2 is 2.12 bits per heavy atom. The van der Waals surface area contributed by atoms with Gasteiger partial charge in [0.1, 0.15) is 5.82 Å². The van der Waals surface area contributed by atoms with E-state index in [1.807, 2.05) is 56.0 Å². The van der Waals surface area contributed by atoms with Crippen LogP contribution in [0.15, 0.2) is 24.5 Å². The Bertz CT molecular complexity index is 721. The van der Waals surface area contributed by atoms with Crippen molar-refractivity contribution < 1.29 is 4.79 Å². The average Bonchev–Trinajstić information content (AvgIpc) is 3.15. The quantitative estimate of drug-likeness (QED) is 0.880. The normalized spacial score (nSPS) is 20.2. The molecule has 2 N–H and O–H groups in total. The van der Waals surface area contributed by atoms with Crippen molar-refractivity contribution in [1.29, 1.82) is 0 Å². The van der Waals surface area contributed by atoms with Gasteiger partial charge in [0.2, 0.25) is 5.91 Å². The third kappa shape index (κ3) is 3.12. The molecule has 0 saturated carbocycles. The maximum Gasteiger partial charge on any atom is 0.230 e. The van der Waals surface area contributed by atoms with Crippen molar-refractivity contribution >= 4 is 17.4 Å². The Morgan fingerprint density at radius 1 is 1.33 bits per heavy atom. The molecule has 0 aliphatic carbocycles. The Hall–Kier alpha value is -2.41. The average molecular weight is 328 g/mol. The van der Waals surface area contributed by atoms with Crippen LogP contribution < -0.4 is 15.5 Å². The van der Waals surface area contributed by atoms with Gasteiger partial charge in [0.15, 0.2) is 0 Å². The maximum absolute atomic E-state index is 12.7. The molecular formula is C17H24N6O. The first kappa shape index (κ1) is 16.4. The van der Waals surface area contributed by atoms with E-state index in [9.17, 15) is 4.79 Å². The summed E-state index contributed by atoms with van der Waals surface area (Å²) in [6.07, 6.45) is 3.63. The Balaban J connectivity index is 1.73. The largest absolute Gasteiger partial charge is 0.376 e. The van der Waals surface area contributed by atoms with Gasteiger partial charge >= 0.3 is 0 Å². The number of carbonyl (C=O) groups excluding carboxylic acids is 1. The van der Waals surface area contributed by atoms with Gasteiger partial charge in [0, 0.05) is 45.8 Å². The first-order chi connectivity index (χ1) is 11.5. The SMILES string of the molecule is Cc1c([C@H]2CNC[C@@H]2C(=O)Nc2ccc(N(C)C)cn2)cnn1C. The van der Waals surface area contributed by atoms with Crippen LogP contribution in [0.3, 0.4) is 0 Å². The number of hydrogen-bond donors (Lipinski definition) is 2. The number of hydrogen-bond acceptors (Lipinski definition) is 5. The van der Waals surface area contributed by atoms with Crippen LogP contribution in [0.4, 0.5) is 11.5 Å². The first-order valence-electron chi connectivity index (χ1n) is 8.11. The van der Waals surface area contributed by atoms with E-state index in [1.165, 1.54) is 0 Å². The third-order valence-electron chi connectivity index (χ3n) is 4.74. The van der Waals surface area contributed by atoms with Crippen molar-refractivity contribution in [1.82, 2.24) is 20.1 Å². The molecule has 3 heterocycles. The molecule has 1 aliphatic heterocycles. The number of carbonyl (C=O) groups is 1. The predicted molar refractivity (Wildman–Crippen MR) is 94.2 cm³/mol. The van der Waals surface area contributed by atoms with E-state index in [1.54, 1.807) is 6.20 Å². The summed E-state index contributed by atoms with van der Waals surface area (Å²) in [6, 6.07) is 3.78. The van der Waals surface area contributed by atoms with Crippen LogP contribution in [0.5, 0.6) is 0 Å². The predicted octanol–water partition coefficient (Wildman–Crippen LogP) is 1.13. The van der Waals surface area contributed by atoms with Crippen molar-refractivity contribution in [2.45, 2.75) is 12.8 Å². The molecule has 1 amide bonds. The van der Waals surface area contributed by atoms with Crippen LogP contribution in [-0.4, -0.2) is 47.9 Å². The number of amides is 1. The molecular weight excluding hydrogens is 304 g/mol. The summed E-state index contributed by atoms with van der Waals surface area (Å²) in [5.74, 6) is 0.598. The Morgan fingerprint density at radius 3 is 2.71 bits per heavy atom. The lowest BCUT2D eigenvalue weighted by Gasteiger charge is -2.18. The molecule has 7 nitrogen and oxygen atoms in total. The van der Waals surface area contributed by atoms with Crippen molar-refractivity contribution in [3.8, 4) is 0 Å². The number of aryl methyl sites for hydroxylation is 1. The fourth-order valence-electron chi connectivity index (χ4n) is 3.10. The second-order valence-electron chi connectivity index (χ2n) is 6.47. The molecule has 2 aromatic rings. The van der Waals surface area contributed by atoms with Crippen molar-refractivity contribution in [3.63, 3.8) is 0 Å². The summed E-state index contributed by atoms with van der Waals surface area (Å²) >= 11 is 0. The molecule has 0 unspecified atom stereocenters. The molecule has 1 fully saturated rings. The topological polar surface area (TPSA) is 75.1 Å². The molecule has 128 valence electrons. The van der Waals surface area contributed by atoms with E-state index in [0.717, 1.165) is 23.5 Å². The van der Waals surface area contributed by atoms with E-state index >= 15 is 0 Å². The standard InChI is InChI=1S/C17H24N6O/c1-11-13(10-20-23(11)4)14-8-18-9-15(14)17(24)21-16-6-5-12(7-19-16)22(2)3/h5-7,10,14-15,18H,8-9H2,1-4H3,(H,19,21,24)/t14-,15+/m1/s1. The molecule has 0 spiro atoms. The third-order valence-corrected chi connectivity index (χ3v) is 4.74. The van der Waals surface area contributed by atoms with Gasteiger partial charge in [-0.05, 0) is 24.6 Å². The highest BCUT2D eigenvalue weighted by molar-refractivity contribution is 5.93. The molecule has 24 heavy (non-hydrogen) atoms. The molecule has 2 aromatic heterocycles. The second kappa shape index (κ2) is 6.60. The summed E-state index contributed by atoms with van der Waals surface area (Å²) in [6.45, 7) is 3.50. The van der Waals surface area contributed by atoms with Crippen molar-refractivity contribution in [3.05, 3.63) is 35.8 Å². The number of rotatable bonds is 4. The number of pyridine rings is 1. The van der Waals surface area contributed by atoms with Gasteiger partial charge in [0.05, 0.1) is 24.0 Å². The van der Waals surface area contributed by atoms with Gasteiger partial charge in [-0.15, -0.1) is 0 Å². The van der Waals surface area contributed by atoms with Crippen LogP contribution in [-0.2, 0) is 11.8 Å². The van der Waals surface area contributed by atoms with Gasteiger partial charge in [-0.1, -0.05) is 0 Å². The van der Waals surface area contributed by atoms with Crippen LogP contribution in [0.1, 0.15) is 17.2 Å². The van der Waals surface area contributed by atoms with Crippen LogP contribution in [0.25, 0.3) is 0 Å². The van der Waals surface area contributed by atoms with Gasteiger partial charge < -0.3 is 15.5 Å². The number of nitrogens with zero attached hydrogens (tertiary/aromatic N) is 4. The zero-order valence-corrected chi connectivity index (χ0v) is 14.6. The number of anilines is 2. The summed E-state index contributed by atoms with van der Waals surface area (Å²) < 4.78 is 1.85. The molecule has 1 aliphatic rings. The Labute approximate surface area is 142 Å². The van der Waals surface area contributed by atoms with E-state index in [2.05, 4.69) is 20.7 Å². The van der Waals surface area contributed by atoms with Gasteiger partial charge in [-0.3, -0.25) is 9.48 Å². The monoisotopic (exact) mass is 328 g/mol. The molecule has 3 rings (SSSR count). The van der Waals surface area contributed by atoms with Crippen molar-refractivity contribution in [2.24, 2.45) is 13.0 Å². The molecule has 1 saturated heterocycles. The van der Waals surface area contributed by atoms with E-state index in [0.29, 0.717) is 12.4 Å². The summed E-state index contributed by atoms with van der Waals surface area (Å²) in [4.78, 5) is 19.0. The molecule has 7 heteroatoms. The summed E-state index contributed by atoms with van der Waals surface area (Å²) in [5.41, 5.74) is 3.24. The van der Waals surface area contributed by atoms with E-state index in [4.69, 9.17) is 0 Å². The molecule has 2 atom stereocenters. The van der Waals surface area contributed by atoms with Crippen molar-refractivity contribution in [2.75, 3.05) is 37.4 Å². The lowest BCUT2D eigenvalue weighted by Crippen LogP contribution is -2.28. The van der Waals surface area contributed by atoms with E-state index < -0.39 is 0 Å². The first-order valence-corrected chi connectivity index (χ1v) is 8.11. The lowest BCUT2D eigenvalue weighted by atomic mass is 9.88. The minimum atomic E-state index is -0.122. The second-order valence-corrected chi connectivity index (χ2v) is 6.47. The van der Waals surface area contributed by atoms with Gasteiger partial charge in [-0.2, -0.15) is 5.10 Å². The molecule has 0 radical (unpaired) electrons. The molecule has 0 bridgehead atoms. The number of nitrogens with one attached hydrogen (secondary N) is 2. The van der Waals surface area contributed by atoms with Gasteiger partial charge in [-0.25, -0.2) is 4.98 Å². The Kier molecular flexibility index (Phi) is 4.53. The minimum Gasteiger partial charge on any atom is -0.376 e. The lowest BCUT2D eigenvalue weighted by molar-refractivity contribution is -0.119. The fourth-order valence-corrected chi connectivity index (χ4v) is 3.10. The fraction of sp³-hybridized carbons (Fsp3) is 0.471. The minimum absolute atomic E-state index is 0.00152. The highest BCUT2D eigenvalue weighted by Gasteiger charge is 2.35. The zero-order valence-electron chi connectivity index (χ0n) is 14.6. The van der Waals surface area contributed by atoms with Crippen LogP contribution in [0.2, 0.25) is 0 Å². The van der Waals surface area contributed by atoms with E-state index in [-0.39, 0.29) is 17.7 Å². The number of aromatic nitrogens is 3. The van der Waals surface area contributed by atoms with Gasteiger partial charge in [0.25, 0.3) is 0 Å². The smallest absolute Gasteiger partial charge is 0.230 e. The highest BCUT2D eigenvalue weighted by atomic mass is 16.2.